The minimum atomic E-state index is 0.289. The third-order valence-corrected chi connectivity index (χ3v) is 1.95. The smallest absolute Gasteiger partial charge is 0.185 e. The van der Waals surface area contributed by atoms with Crippen LogP contribution >= 0.6 is 11.6 Å². The van der Waals surface area contributed by atoms with E-state index in [4.69, 9.17) is 16.0 Å². The van der Waals surface area contributed by atoms with Crippen molar-refractivity contribution < 1.29 is 9.21 Å². The lowest BCUT2D eigenvalue weighted by Gasteiger charge is -1.94. The summed E-state index contributed by atoms with van der Waals surface area (Å²) in [5, 5.41) is 0.566. The Bertz CT molecular complexity index is 447. The molecule has 70 valence electrons. The van der Waals surface area contributed by atoms with Crippen LogP contribution in [-0.4, -0.2) is 11.3 Å². The molecule has 2 rings (SSSR count). The van der Waals surface area contributed by atoms with E-state index in [1.165, 1.54) is 6.20 Å². The number of aromatic nitrogens is 1. The van der Waals surface area contributed by atoms with Gasteiger partial charge in [-0.3, -0.25) is 9.78 Å². The lowest BCUT2D eigenvalue weighted by molar-refractivity contribution is 0.110. The number of rotatable bonds is 2. The molecule has 4 heteroatoms. The van der Waals surface area contributed by atoms with Gasteiger partial charge >= 0.3 is 0 Å². The molecule has 0 radical (unpaired) electrons. The molecule has 2 aromatic heterocycles. The van der Waals surface area contributed by atoms with Gasteiger partial charge in [-0.25, -0.2) is 0 Å². The molecule has 0 amide bonds. The first kappa shape index (κ1) is 8.97. The van der Waals surface area contributed by atoms with Crippen LogP contribution in [0, 0.1) is 0 Å². The van der Waals surface area contributed by atoms with Crippen molar-refractivity contribution >= 4 is 17.9 Å². The van der Waals surface area contributed by atoms with Gasteiger partial charge < -0.3 is 4.42 Å². The van der Waals surface area contributed by atoms with E-state index in [2.05, 4.69) is 4.98 Å². The Hall–Kier alpha value is -1.61. The van der Waals surface area contributed by atoms with Gasteiger partial charge in [-0.15, -0.1) is 0 Å². The van der Waals surface area contributed by atoms with Gasteiger partial charge in [0.05, 0.1) is 5.02 Å². The van der Waals surface area contributed by atoms with E-state index in [1.807, 2.05) is 0 Å². The molecule has 0 fully saturated rings. The number of aldehydes is 1. The number of hydrogen-bond acceptors (Lipinski definition) is 3. The van der Waals surface area contributed by atoms with Gasteiger partial charge in [0.2, 0.25) is 0 Å². The van der Waals surface area contributed by atoms with Gasteiger partial charge in [-0.2, -0.15) is 0 Å². The largest absolute Gasteiger partial charge is 0.452 e. The van der Waals surface area contributed by atoms with E-state index in [1.54, 1.807) is 24.3 Å². The zero-order valence-electron chi connectivity index (χ0n) is 7.11. The first-order chi connectivity index (χ1) is 6.79. The number of furan rings is 1. The molecule has 0 aliphatic heterocycles. The Morgan fingerprint density at radius 3 is 2.71 bits per heavy atom. The normalized spacial score (nSPS) is 10.1. The monoisotopic (exact) mass is 207 g/mol. The predicted molar refractivity (Wildman–Crippen MR) is 52.3 cm³/mol. The standard InChI is InChI=1S/C10H6ClNO2/c11-7-1-3-9(12-5-7)10-4-2-8(6-13)14-10/h1-6H. The lowest BCUT2D eigenvalue weighted by Crippen LogP contribution is -1.79. The second-order valence-electron chi connectivity index (χ2n) is 2.68. The second-order valence-corrected chi connectivity index (χ2v) is 3.12. The van der Waals surface area contributed by atoms with Crippen molar-refractivity contribution in [2.45, 2.75) is 0 Å². The van der Waals surface area contributed by atoms with E-state index in [9.17, 15) is 4.79 Å². The number of carbonyl (C=O) groups excluding carboxylic acids is 1. The molecule has 3 nitrogen and oxygen atoms in total. The molecule has 14 heavy (non-hydrogen) atoms. The van der Waals surface area contributed by atoms with Crippen LogP contribution in [0.4, 0.5) is 0 Å². The minimum Gasteiger partial charge on any atom is -0.452 e. The van der Waals surface area contributed by atoms with Crippen molar-refractivity contribution in [3.05, 3.63) is 41.2 Å². The fraction of sp³-hybridized carbons (Fsp3) is 0. The molecule has 2 heterocycles. The van der Waals surface area contributed by atoms with Gasteiger partial charge in [0.1, 0.15) is 5.69 Å². The number of halogens is 1. The summed E-state index contributed by atoms with van der Waals surface area (Å²) in [6, 6.07) is 6.74. The molecule has 2 aromatic rings. The molecule has 0 aliphatic carbocycles. The maximum absolute atomic E-state index is 10.4. The Labute approximate surface area is 85.3 Å². The summed E-state index contributed by atoms with van der Waals surface area (Å²) in [4.78, 5) is 14.4. The van der Waals surface area contributed by atoms with E-state index in [-0.39, 0.29) is 5.76 Å². The zero-order chi connectivity index (χ0) is 9.97. The molecule has 0 bridgehead atoms. The van der Waals surface area contributed by atoms with E-state index in [0.717, 1.165) is 0 Å². The van der Waals surface area contributed by atoms with Gasteiger partial charge in [0.15, 0.2) is 17.8 Å². The summed E-state index contributed by atoms with van der Waals surface area (Å²) in [7, 11) is 0. The molecule has 0 aromatic carbocycles. The second kappa shape index (κ2) is 3.64. The topological polar surface area (TPSA) is 43.1 Å². The van der Waals surface area contributed by atoms with Crippen LogP contribution in [0.5, 0.6) is 0 Å². The third kappa shape index (κ3) is 1.67. The Kier molecular flexibility index (Phi) is 2.33. The molecule has 0 unspecified atom stereocenters. The Morgan fingerprint density at radius 2 is 2.14 bits per heavy atom. The Morgan fingerprint density at radius 1 is 1.29 bits per heavy atom. The molecule has 0 saturated heterocycles. The van der Waals surface area contributed by atoms with E-state index >= 15 is 0 Å². The van der Waals surface area contributed by atoms with Crippen molar-refractivity contribution in [1.82, 2.24) is 4.98 Å². The maximum atomic E-state index is 10.4. The number of pyridine rings is 1. The van der Waals surface area contributed by atoms with E-state index < -0.39 is 0 Å². The van der Waals surface area contributed by atoms with Gasteiger partial charge in [-0.05, 0) is 24.3 Å². The fourth-order valence-corrected chi connectivity index (χ4v) is 1.19. The van der Waals surface area contributed by atoms with Crippen molar-refractivity contribution in [2.75, 3.05) is 0 Å². The summed E-state index contributed by atoms with van der Waals surface area (Å²) in [5.41, 5.74) is 0.655. The zero-order valence-corrected chi connectivity index (χ0v) is 7.86. The molecule has 0 atom stereocenters. The van der Waals surface area contributed by atoms with Crippen molar-refractivity contribution in [1.29, 1.82) is 0 Å². The van der Waals surface area contributed by atoms with Crippen LogP contribution in [0.3, 0.4) is 0 Å². The quantitative estimate of drug-likeness (QED) is 0.712. The molecule has 0 aliphatic rings. The van der Waals surface area contributed by atoms with E-state index in [0.29, 0.717) is 22.8 Å². The van der Waals surface area contributed by atoms with Crippen LogP contribution in [0.15, 0.2) is 34.9 Å². The van der Waals surface area contributed by atoms with Gasteiger partial charge in [0, 0.05) is 6.20 Å². The summed E-state index contributed by atoms with van der Waals surface area (Å²) in [6.45, 7) is 0. The molecular formula is C10H6ClNO2. The summed E-state index contributed by atoms with van der Waals surface area (Å²) >= 11 is 5.68. The highest BCUT2D eigenvalue weighted by Gasteiger charge is 2.04. The minimum absolute atomic E-state index is 0.289. The number of nitrogens with zero attached hydrogens (tertiary/aromatic N) is 1. The highest BCUT2D eigenvalue weighted by molar-refractivity contribution is 6.30. The van der Waals surface area contributed by atoms with Crippen molar-refractivity contribution in [2.24, 2.45) is 0 Å². The number of carbonyl (C=O) groups is 1. The van der Waals surface area contributed by atoms with Gasteiger partial charge in [0.25, 0.3) is 0 Å². The SMILES string of the molecule is O=Cc1ccc(-c2ccc(Cl)cn2)o1. The summed E-state index contributed by atoms with van der Waals surface area (Å²) in [5.74, 6) is 0.848. The molecular weight excluding hydrogens is 202 g/mol. The maximum Gasteiger partial charge on any atom is 0.185 e. The van der Waals surface area contributed by atoms with Crippen LogP contribution in [0.1, 0.15) is 10.6 Å². The van der Waals surface area contributed by atoms with Crippen molar-refractivity contribution in [3.63, 3.8) is 0 Å². The van der Waals surface area contributed by atoms with Crippen molar-refractivity contribution in [3.8, 4) is 11.5 Å². The summed E-state index contributed by atoms with van der Waals surface area (Å²) in [6.07, 6.45) is 2.18. The molecule has 0 saturated carbocycles. The predicted octanol–water partition coefficient (Wildman–Crippen LogP) is 2.81. The number of hydrogen-bond donors (Lipinski definition) is 0. The average Bonchev–Trinajstić information content (AvgIpc) is 2.67. The average molecular weight is 208 g/mol. The first-order valence-corrected chi connectivity index (χ1v) is 4.34. The highest BCUT2D eigenvalue weighted by Crippen LogP contribution is 2.20. The fourth-order valence-electron chi connectivity index (χ4n) is 1.08. The Balaban J connectivity index is 2.39. The van der Waals surface area contributed by atoms with Crippen LogP contribution < -0.4 is 0 Å². The van der Waals surface area contributed by atoms with Gasteiger partial charge in [-0.1, -0.05) is 11.6 Å². The van der Waals surface area contributed by atoms with Crippen LogP contribution in [-0.2, 0) is 0 Å². The first-order valence-electron chi connectivity index (χ1n) is 3.96. The summed E-state index contributed by atoms with van der Waals surface area (Å²) < 4.78 is 5.19. The van der Waals surface area contributed by atoms with Crippen LogP contribution in [0.25, 0.3) is 11.5 Å². The lowest BCUT2D eigenvalue weighted by atomic mass is 10.3. The third-order valence-electron chi connectivity index (χ3n) is 1.72. The molecule has 0 N–H and O–H groups in total. The highest BCUT2D eigenvalue weighted by atomic mass is 35.5. The van der Waals surface area contributed by atoms with Crippen LogP contribution in [0.2, 0.25) is 5.02 Å². The molecule has 0 spiro atoms.